The van der Waals surface area contributed by atoms with Crippen molar-refractivity contribution in [2.75, 3.05) is 13.1 Å². The average Bonchev–Trinajstić information content (AvgIpc) is 3.09. The van der Waals surface area contributed by atoms with Crippen LogP contribution in [0.5, 0.6) is 0 Å². The van der Waals surface area contributed by atoms with Gasteiger partial charge >= 0.3 is 0 Å². The number of rotatable bonds is 6. The topological polar surface area (TPSA) is 66.5 Å². The van der Waals surface area contributed by atoms with Gasteiger partial charge in [-0.25, -0.2) is 8.42 Å². The molecular weight excluding hydrogens is 408 g/mol. The number of amides is 1. The molecule has 166 valence electrons. The molecule has 0 spiro atoms. The van der Waals surface area contributed by atoms with Gasteiger partial charge in [0.05, 0.1) is 10.9 Å². The highest BCUT2D eigenvalue weighted by atomic mass is 32.2. The van der Waals surface area contributed by atoms with Crippen LogP contribution in [0.25, 0.3) is 0 Å². The summed E-state index contributed by atoms with van der Waals surface area (Å²) < 4.78 is 27.4. The Morgan fingerprint density at radius 3 is 2.39 bits per heavy atom. The maximum Gasteiger partial charge on any atom is 0.243 e. The van der Waals surface area contributed by atoms with Crippen LogP contribution in [0.3, 0.4) is 0 Å². The molecule has 31 heavy (non-hydrogen) atoms. The second-order valence-corrected chi connectivity index (χ2v) is 10.6. The van der Waals surface area contributed by atoms with Gasteiger partial charge in [-0.2, -0.15) is 4.31 Å². The first-order valence-corrected chi connectivity index (χ1v) is 12.9. The van der Waals surface area contributed by atoms with Crippen molar-refractivity contribution in [1.82, 2.24) is 9.62 Å². The largest absolute Gasteiger partial charge is 0.349 e. The Balaban J connectivity index is 1.33. The number of nitrogens with one attached hydrogen (secondary N) is 1. The van der Waals surface area contributed by atoms with Gasteiger partial charge in [0.15, 0.2) is 0 Å². The van der Waals surface area contributed by atoms with Gasteiger partial charge in [-0.15, -0.1) is 0 Å². The van der Waals surface area contributed by atoms with Crippen LogP contribution >= 0.6 is 0 Å². The number of nitrogens with zero attached hydrogens (tertiary/aromatic N) is 1. The first-order valence-electron chi connectivity index (χ1n) is 11.5. The minimum atomic E-state index is -3.43. The van der Waals surface area contributed by atoms with Gasteiger partial charge < -0.3 is 5.32 Å². The average molecular weight is 441 g/mol. The minimum absolute atomic E-state index is 0.0444. The molecule has 1 heterocycles. The van der Waals surface area contributed by atoms with Gasteiger partial charge in [-0.3, -0.25) is 4.79 Å². The Morgan fingerprint density at radius 2 is 1.65 bits per heavy atom. The predicted molar refractivity (Wildman–Crippen MR) is 122 cm³/mol. The van der Waals surface area contributed by atoms with Crippen LogP contribution in [-0.4, -0.2) is 31.7 Å². The Bertz CT molecular complexity index is 994. The summed E-state index contributed by atoms with van der Waals surface area (Å²) in [6.45, 7) is 1.21. The van der Waals surface area contributed by atoms with Crippen LogP contribution in [0.4, 0.5) is 0 Å². The van der Waals surface area contributed by atoms with E-state index in [1.807, 2.05) is 18.2 Å². The number of benzene rings is 2. The monoisotopic (exact) mass is 440 g/mol. The van der Waals surface area contributed by atoms with Crippen molar-refractivity contribution in [3.63, 3.8) is 0 Å². The van der Waals surface area contributed by atoms with E-state index in [4.69, 9.17) is 0 Å². The first-order chi connectivity index (χ1) is 15.0. The second-order valence-electron chi connectivity index (χ2n) is 8.67. The molecule has 1 amide bonds. The van der Waals surface area contributed by atoms with Crippen molar-refractivity contribution in [2.24, 2.45) is 0 Å². The van der Waals surface area contributed by atoms with Gasteiger partial charge in [0.25, 0.3) is 0 Å². The number of sulfonamides is 1. The standard InChI is InChI=1S/C25H32N2O3S/c28-25(26-24-11-7-9-21-8-3-4-10-23(21)24)17-14-20-12-15-22(16-13-20)31(29,30)27-18-5-1-2-6-19-27/h3-4,8,10,12-13,15-16,24H,1-2,5-7,9,11,14,17-19H2,(H,26,28)/t24-/m0/s1. The molecule has 0 saturated carbocycles. The summed E-state index contributed by atoms with van der Waals surface area (Å²) in [5.41, 5.74) is 3.56. The SMILES string of the molecule is O=C(CCc1ccc(S(=O)(=O)N2CCCCCC2)cc1)N[C@H]1CCCc2ccccc21. The van der Waals surface area contributed by atoms with Gasteiger partial charge in [0.2, 0.25) is 15.9 Å². The Labute approximate surface area is 185 Å². The van der Waals surface area contributed by atoms with Crippen LogP contribution < -0.4 is 5.32 Å². The molecule has 0 radical (unpaired) electrons. The predicted octanol–water partition coefficient (Wildman–Crippen LogP) is 4.38. The van der Waals surface area contributed by atoms with E-state index >= 15 is 0 Å². The normalized spacial score (nSPS) is 19.9. The third-order valence-electron chi connectivity index (χ3n) is 6.47. The summed E-state index contributed by atoms with van der Waals surface area (Å²) in [6.07, 6.45) is 8.20. The van der Waals surface area contributed by atoms with E-state index in [2.05, 4.69) is 23.5 Å². The molecule has 1 aliphatic heterocycles. The Morgan fingerprint density at radius 1 is 0.935 bits per heavy atom. The molecule has 0 aromatic heterocycles. The lowest BCUT2D eigenvalue weighted by Crippen LogP contribution is -2.32. The van der Waals surface area contributed by atoms with E-state index < -0.39 is 10.0 Å². The van der Waals surface area contributed by atoms with E-state index in [1.54, 1.807) is 16.4 Å². The van der Waals surface area contributed by atoms with Crippen LogP contribution in [0.15, 0.2) is 53.4 Å². The fraction of sp³-hybridized carbons (Fsp3) is 0.480. The minimum Gasteiger partial charge on any atom is -0.349 e. The van der Waals surface area contributed by atoms with E-state index in [-0.39, 0.29) is 11.9 Å². The van der Waals surface area contributed by atoms with Gasteiger partial charge in [0.1, 0.15) is 0 Å². The highest BCUT2D eigenvalue weighted by Crippen LogP contribution is 2.29. The van der Waals surface area contributed by atoms with Crippen molar-refractivity contribution in [1.29, 1.82) is 0 Å². The van der Waals surface area contributed by atoms with Crippen molar-refractivity contribution < 1.29 is 13.2 Å². The molecule has 6 heteroatoms. The molecule has 1 atom stereocenters. The van der Waals surface area contributed by atoms with Crippen LogP contribution in [0, 0.1) is 0 Å². The molecule has 0 unspecified atom stereocenters. The highest BCUT2D eigenvalue weighted by molar-refractivity contribution is 7.89. The summed E-state index contributed by atoms with van der Waals surface area (Å²) >= 11 is 0. The van der Waals surface area contributed by atoms with Crippen molar-refractivity contribution in [2.45, 2.75) is 68.7 Å². The third-order valence-corrected chi connectivity index (χ3v) is 8.38. The molecule has 2 aromatic carbocycles. The maximum atomic E-state index is 12.9. The summed E-state index contributed by atoms with van der Waals surface area (Å²) in [7, 11) is -3.43. The van der Waals surface area contributed by atoms with E-state index in [9.17, 15) is 13.2 Å². The lowest BCUT2D eigenvalue weighted by molar-refractivity contribution is -0.121. The zero-order chi connectivity index (χ0) is 21.7. The highest BCUT2D eigenvalue weighted by Gasteiger charge is 2.25. The summed E-state index contributed by atoms with van der Waals surface area (Å²) in [5, 5.41) is 3.19. The van der Waals surface area contributed by atoms with Gasteiger partial charge in [-0.1, -0.05) is 49.2 Å². The number of hydrogen-bond acceptors (Lipinski definition) is 3. The van der Waals surface area contributed by atoms with Crippen molar-refractivity contribution in [3.05, 3.63) is 65.2 Å². The lowest BCUT2D eigenvalue weighted by Gasteiger charge is -2.26. The van der Waals surface area contributed by atoms with Gasteiger partial charge in [0, 0.05) is 19.5 Å². The zero-order valence-electron chi connectivity index (χ0n) is 18.1. The zero-order valence-corrected chi connectivity index (χ0v) is 18.9. The molecule has 0 bridgehead atoms. The summed E-state index contributed by atoms with van der Waals surface area (Å²) in [6, 6.07) is 15.5. The van der Waals surface area contributed by atoms with Crippen molar-refractivity contribution in [3.8, 4) is 0 Å². The molecule has 2 aliphatic rings. The summed E-state index contributed by atoms with van der Waals surface area (Å²) in [4.78, 5) is 12.9. The molecule has 1 saturated heterocycles. The molecular formula is C25H32N2O3S. The van der Waals surface area contributed by atoms with E-state index in [1.165, 1.54) is 11.1 Å². The van der Waals surface area contributed by atoms with Crippen LogP contribution in [-0.2, 0) is 27.7 Å². The van der Waals surface area contributed by atoms with E-state index in [0.29, 0.717) is 30.8 Å². The quantitative estimate of drug-likeness (QED) is 0.725. The van der Waals surface area contributed by atoms with Crippen LogP contribution in [0.1, 0.15) is 67.7 Å². The molecule has 2 aromatic rings. The fourth-order valence-corrected chi connectivity index (χ4v) is 6.20. The van der Waals surface area contributed by atoms with Crippen molar-refractivity contribution >= 4 is 15.9 Å². The summed E-state index contributed by atoms with van der Waals surface area (Å²) in [5.74, 6) is 0.0444. The Kier molecular flexibility index (Phi) is 7.08. The van der Waals surface area contributed by atoms with E-state index in [0.717, 1.165) is 50.5 Å². The number of fused-ring (bicyclic) bond motifs is 1. The number of hydrogen-bond donors (Lipinski definition) is 1. The lowest BCUT2D eigenvalue weighted by atomic mass is 9.87. The number of aryl methyl sites for hydroxylation is 2. The maximum absolute atomic E-state index is 12.9. The molecule has 4 rings (SSSR count). The van der Waals surface area contributed by atoms with Crippen LogP contribution in [0.2, 0.25) is 0 Å². The molecule has 1 aliphatic carbocycles. The molecule has 1 N–H and O–H groups in total. The fourth-order valence-electron chi connectivity index (χ4n) is 4.69. The molecule has 1 fully saturated rings. The third kappa shape index (κ3) is 5.36. The first kappa shape index (κ1) is 22.0. The smallest absolute Gasteiger partial charge is 0.243 e. The number of carbonyl (C=O) groups excluding carboxylic acids is 1. The number of carbonyl (C=O) groups is 1. The Hall–Kier alpha value is -2.18. The van der Waals surface area contributed by atoms with Gasteiger partial charge in [-0.05, 0) is 67.3 Å². The molecule has 5 nitrogen and oxygen atoms in total. The second kappa shape index (κ2) is 9.96.